The van der Waals surface area contributed by atoms with Crippen LogP contribution < -0.4 is 0 Å². The maximum absolute atomic E-state index is 11.1. The van der Waals surface area contributed by atoms with Crippen LogP contribution in [0, 0.1) is 0 Å². The summed E-state index contributed by atoms with van der Waals surface area (Å²) in [4.78, 5) is 12.9. The third kappa shape index (κ3) is 1.62. The molecule has 1 amide bonds. The number of hydrogen-bond donors (Lipinski definition) is 0. The Balaban J connectivity index is 2.15. The number of hydrogen-bond acceptors (Lipinski definition) is 1. The van der Waals surface area contributed by atoms with Crippen LogP contribution in [0.4, 0.5) is 0 Å². The summed E-state index contributed by atoms with van der Waals surface area (Å²) in [5.74, 6) is 0.247. The standard InChI is InChI=1S/C15H13NO/c17-11-16-10-9-12-5-1-2-6-13(12)14-7-3-4-8-15(14)16/h1-11,14-15H. The van der Waals surface area contributed by atoms with E-state index in [4.69, 9.17) is 0 Å². The zero-order valence-electron chi connectivity index (χ0n) is 9.36. The van der Waals surface area contributed by atoms with E-state index in [1.807, 2.05) is 36.6 Å². The van der Waals surface area contributed by atoms with Crippen LogP contribution in [0.1, 0.15) is 17.0 Å². The van der Waals surface area contributed by atoms with Crippen LogP contribution in [-0.2, 0) is 4.79 Å². The Kier molecular flexibility index (Phi) is 2.41. The first-order valence-electron chi connectivity index (χ1n) is 5.75. The summed E-state index contributed by atoms with van der Waals surface area (Å²) in [6.45, 7) is 0. The Hall–Kier alpha value is -2.09. The molecule has 2 unspecified atom stereocenters. The number of benzene rings is 1. The lowest BCUT2D eigenvalue weighted by Crippen LogP contribution is -2.32. The van der Waals surface area contributed by atoms with Gasteiger partial charge in [-0.2, -0.15) is 0 Å². The zero-order chi connectivity index (χ0) is 11.7. The van der Waals surface area contributed by atoms with Gasteiger partial charge in [0.1, 0.15) is 0 Å². The fraction of sp³-hybridized carbons (Fsp3) is 0.133. The van der Waals surface area contributed by atoms with Crippen molar-refractivity contribution in [3.63, 3.8) is 0 Å². The second kappa shape index (κ2) is 4.06. The highest BCUT2D eigenvalue weighted by Gasteiger charge is 2.27. The van der Waals surface area contributed by atoms with Gasteiger partial charge in [0.25, 0.3) is 0 Å². The zero-order valence-corrected chi connectivity index (χ0v) is 9.36. The molecule has 2 heteroatoms. The molecule has 0 bridgehead atoms. The van der Waals surface area contributed by atoms with Gasteiger partial charge in [-0.15, -0.1) is 0 Å². The Labute approximate surface area is 101 Å². The number of nitrogens with zero attached hydrogens (tertiary/aromatic N) is 1. The van der Waals surface area contributed by atoms with Crippen LogP contribution in [0.3, 0.4) is 0 Å². The SMILES string of the molecule is O=CN1C=Cc2ccccc2C2C=CC=CC21. The second-order valence-corrected chi connectivity index (χ2v) is 4.28. The van der Waals surface area contributed by atoms with E-state index in [1.54, 1.807) is 4.90 Å². The molecule has 0 saturated heterocycles. The molecule has 84 valence electrons. The van der Waals surface area contributed by atoms with Gasteiger partial charge < -0.3 is 4.90 Å². The van der Waals surface area contributed by atoms with Gasteiger partial charge in [-0.3, -0.25) is 4.79 Å². The molecular weight excluding hydrogens is 210 g/mol. The van der Waals surface area contributed by atoms with Crippen molar-refractivity contribution in [2.24, 2.45) is 0 Å². The van der Waals surface area contributed by atoms with Gasteiger partial charge in [0, 0.05) is 12.1 Å². The largest absolute Gasteiger partial charge is 0.314 e. The first-order valence-corrected chi connectivity index (χ1v) is 5.75. The summed E-state index contributed by atoms with van der Waals surface area (Å²) in [5, 5.41) is 0. The third-order valence-corrected chi connectivity index (χ3v) is 3.35. The van der Waals surface area contributed by atoms with E-state index in [9.17, 15) is 4.79 Å². The lowest BCUT2D eigenvalue weighted by molar-refractivity contribution is -0.117. The molecule has 3 rings (SSSR count). The molecule has 0 N–H and O–H groups in total. The van der Waals surface area contributed by atoms with Crippen molar-refractivity contribution in [2.75, 3.05) is 0 Å². The van der Waals surface area contributed by atoms with Crippen molar-refractivity contribution < 1.29 is 4.79 Å². The molecule has 2 nitrogen and oxygen atoms in total. The van der Waals surface area contributed by atoms with Gasteiger partial charge in [-0.1, -0.05) is 48.6 Å². The predicted octanol–water partition coefficient (Wildman–Crippen LogP) is 2.71. The molecule has 1 aliphatic heterocycles. The molecule has 1 aromatic rings. The summed E-state index contributed by atoms with van der Waals surface area (Å²) in [6.07, 6.45) is 13.0. The molecule has 0 spiro atoms. The quantitative estimate of drug-likeness (QED) is 0.670. The smallest absolute Gasteiger partial charge is 0.214 e. The number of allylic oxidation sites excluding steroid dienone is 2. The number of carbonyl (C=O) groups excluding carboxylic acids is 1. The maximum Gasteiger partial charge on any atom is 0.214 e. The molecule has 0 radical (unpaired) electrons. The van der Waals surface area contributed by atoms with Gasteiger partial charge >= 0.3 is 0 Å². The molecule has 2 aliphatic rings. The lowest BCUT2D eigenvalue weighted by Gasteiger charge is -2.29. The fourth-order valence-corrected chi connectivity index (χ4v) is 2.51. The van der Waals surface area contributed by atoms with Crippen LogP contribution in [0.2, 0.25) is 0 Å². The summed E-state index contributed by atoms with van der Waals surface area (Å²) in [6, 6.07) is 8.39. The monoisotopic (exact) mass is 223 g/mol. The predicted molar refractivity (Wildman–Crippen MR) is 68.2 cm³/mol. The Morgan fingerprint density at radius 3 is 2.82 bits per heavy atom. The summed E-state index contributed by atoms with van der Waals surface area (Å²) >= 11 is 0. The summed E-state index contributed by atoms with van der Waals surface area (Å²) < 4.78 is 0. The topological polar surface area (TPSA) is 20.3 Å². The minimum absolute atomic E-state index is 0.0948. The maximum atomic E-state index is 11.1. The first-order chi connectivity index (χ1) is 8.40. The Morgan fingerprint density at radius 2 is 1.94 bits per heavy atom. The number of fused-ring (bicyclic) bond motifs is 3. The highest BCUT2D eigenvalue weighted by atomic mass is 16.1. The van der Waals surface area contributed by atoms with Gasteiger partial charge in [0.2, 0.25) is 6.41 Å². The van der Waals surface area contributed by atoms with E-state index in [1.165, 1.54) is 11.1 Å². The number of rotatable bonds is 1. The molecule has 0 saturated carbocycles. The van der Waals surface area contributed by atoms with Crippen LogP contribution in [0.5, 0.6) is 0 Å². The van der Waals surface area contributed by atoms with E-state index in [0.717, 1.165) is 6.41 Å². The Morgan fingerprint density at radius 1 is 1.12 bits per heavy atom. The van der Waals surface area contributed by atoms with Crippen molar-refractivity contribution in [2.45, 2.75) is 12.0 Å². The van der Waals surface area contributed by atoms with Crippen molar-refractivity contribution in [1.82, 2.24) is 4.90 Å². The molecule has 17 heavy (non-hydrogen) atoms. The van der Waals surface area contributed by atoms with E-state index < -0.39 is 0 Å². The molecule has 0 fully saturated rings. The highest BCUT2D eigenvalue weighted by molar-refractivity contribution is 5.63. The van der Waals surface area contributed by atoms with Crippen molar-refractivity contribution in [1.29, 1.82) is 0 Å². The van der Waals surface area contributed by atoms with Crippen LogP contribution >= 0.6 is 0 Å². The van der Waals surface area contributed by atoms with Gasteiger partial charge in [-0.25, -0.2) is 0 Å². The number of amides is 1. The minimum Gasteiger partial charge on any atom is -0.314 e. The van der Waals surface area contributed by atoms with Crippen LogP contribution in [0.25, 0.3) is 6.08 Å². The molecule has 1 aromatic carbocycles. The van der Waals surface area contributed by atoms with E-state index >= 15 is 0 Å². The second-order valence-electron chi connectivity index (χ2n) is 4.28. The van der Waals surface area contributed by atoms with Crippen molar-refractivity contribution in [3.8, 4) is 0 Å². The van der Waals surface area contributed by atoms with Gasteiger partial charge in [0.05, 0.1) is 6.04 Å². The molecular formula is C15H13NO. The van der Waals surface area contributed by atoms with E-state index in [-0.39, 0.29) is 12.0 Å². The summed E-state index contributed by atoms with van der Waals surface area (Å²) in [5.41, 5.74) is 2.46. The fourth-order valence-electron chi connectivity index (χ4n) is 2.51. The molecule has 1 heterocycles. The van der Waals surface area contributed by atoms with Crippen LogP contribution in [0.15, 0.2) is 54.8 Å². The van der Waals surface area contributed by atoms with E-state index in [0.29, 0.717) is 0 Å². The normalized spacial score (nSPS) is 25.1. The van der Waals surface area contributed by atoms with Crippen LogP contribution in [-0.4, -0.2) is 17.4 Å². The Bertz CT molecular complexity index is 527. The van der Waals surface area contributed by atoms with Gasteiger partial charge in [0.15, 0.2) is 0 Å². The summed E-state index contributed by atoms with van der Waals surface area (Å²) in [7, 11) is 0. The average molecular weight is 223 g/mol. The molecule has 1 aliphatic carbocycles. The van der Waals surface area contributed by atoms with Gasteiger partial charge in [-0.05, 0) is 17.2 Å². The minimum atomic E-state index is 0.0948. The number of carbonyl (C=O) groups is 1. The van der Waals surface area contributed by atoms with Crippen molar-refractivity contribution >= 4 is 12.5 Å². The third-order valence-electron chi connectivity index (χ3n) is 3.35. The molecule has 0 aromatic heterocycles. The lowest BCUT2D eigenvalue weighted by atomic mass is 9.86. The van der Waals surface area contributed by atoms with Crippen molar-refractivity contribution in [3.05, 3.63) is 65.9 Å². The van der Waals surface area contributed by atoms with E-state index in [2.05, 4.69) is 24.3 Å². The highest BCUT2D eigenvalue weighted by Crippen LogP contribution is 2.33. The molecule has 2 atom stereocenters. The average Bonchev–Trinajstić information content (AvgIpc) is 2.56. The first kappa shape index (κ1) is 10.1.